The third-order valence-corrected chi connectivity index (χ3v) is 2.78. The van der Waals surface area contributed by atoms with Crippen LogP contribution in [0.3, 0.4) is 0 Å². The first-order valence-electron chi connectivity index (χ1n) is 6.45. The number of amides is 1. The first-order valence-corrected chi connectivity index (χ1v) is 6.45. The first-order chi connectivity index (χ1) is 7.93. The molecule has 0 fully saturated rings. The van der Waals surface area contributed by atoms with Crippen LogP contribution in [-0.2, 0) is 4.74 Å². The van der Waals surface area contributed by atoms with Gasteiger partial charge in [0, 0.05) is 12.0 Å². The van der Waals surface area contributed by atoms with Crippen molar-refractivity contribution >= 4 is 6.09 Å². The summed E-state index contributed by atoms with van der Waals surface area (Å²) in [5.41, 5.74) is -0.315. The third-order valence-electron chi connectivity index (χ3n) is 2.78. The van der Waals surface area contributed by atoms with Crippen molar-refractivity contribution in [3.05, 3.63) is 0 Å². The van der Waals surface area contributed by atoms with E-state index in [1.807, 2.05) is 6.92 Å². The predicted octanol–water partition coefficient (Wildman–Crippen LogP) is 2.56. The number of aliphatic hydroxyl groups is 1. The van der Waals surface area contributed by atoms with Crippen LogP contribution in [0.4, 0.5) is 4.79 Å². The minimum Gasteiger partial charge on any atom is -0.449 e. The number of alkyl carbamates (subject to hydrolysis) is 1. The molecule has 4 nitrogen and oxygen atoms in total. The number of carbonyl (C=O) groups is 1. The maximum absolute atomic E-state index is 11.4. The Morgan fingerprint density at radius 1 is 1.47 bits per heavy atom. The fourth-order valence-electron chi connectivity index (χ4n) is 1.55. The molecule has 0 aliphatic heterocycles. The Hall–Kier alpha value is -0.770. The fourth-order valence-corrected chi connectivity index (χ4v) is 1.55. The number of rotatable bonds is 8. The van der Waals surface area contributed by atoms with Crippen molar-refractivity contribution in [3.63, 3.8) is 0 Å². The van der Waals surface area contributed by atoms with Gasteiger partial charge in [0.1, 0.15) is 6.61 Å². The van der Waals surface area contributed by atoms with E-state index in [-0.39, 0.29) is 24.7 Å². The van der Waals surface area contributed by atoms with Gasteiger partial charge in [-0.05, 0) is 18.8 Å². The van der Waals surface area contributed by atoms with Crippen LogP contribution in [0.1, 0.15) is 47.0 Å². The summed E-state index contributed by atoms with van der Waals surface area (Å²) in [7, 11) is 0. The van der Waals surface area contributed by atoms with Crippen LogP contribution < -0.4 is 5.32 Å². The number of nitrogens with one attached hydrogen (secondary N) is 1. The van der Waals surface area contributed by atoms with Crippen LogP contribution in [0.15, 0.2) is 0 Å². The molecule has 0 heterocycles. The lowest BCUT2D eigenvalue weighted by atomic mass is 9.88. The Morgan fingerprint density at radius 2 is 2.12 bits per heavy atom. The van der Waals surface area contributed by atoms with Gasteiger partial charge in [-0.25, -0.2) is 4.79 Å². The number of hydrogen-bond acceptors (Lipinski definition) is 3. The number of aliphatic hydroxyl groups excluding tert-OH is 1. The van der Waals surface area contributed by atoms with Crippen LogP contribution >= 0.6 is 0 Å². The highest BCUT2D eigenvalue weighted by Crippen LogP contribution is 2.22. The van der Waals surface area contributed by atoms with Crippen molar-refractivity contribution < 1.29 is 14.6 Å². The van der Waals surface area contributed by atoms with Gasteiger partial charge in [-0.15, -0.1) is 0 Å². The molecule has 0 saturated carbocycles. The highest BCUT2D eigenvalue weighted by Gasteiger charge is 2.24. The van der Waals surface area contributed by atoms with Crippen LogP contribution in [0, 0.1) is 11.3 Å². The van der Waals surface area contributed by atoms with E-state index in [1.54, 1.807) is 0 Å². The van der Waals surface area contributed by atoms with E-state index < -0.39 is 0 Å². The Morgan fingerprint density at radius 3 is 2.59 bits per heavy atom. The van der Waals surface area contributed by atoms with Gasteiger partial charge in [-0.1, -0.05) is 34.1 Å². The molecule has 1 amide bonds. The van der Waals surface area contributed by atoms with Gasteiger partial charge in [0.2, 0.25) is 0 Å². The molecule has 2 N–H and O–H groups in total. The monoisotopic (exact) mass is 245 g/mol. The molecule has 0 aromatic carbocycles. The van der Waals surface area contributed by atoms with Crippen LogP contribution in [0.25, 0.3) is 0 Å². The Balaban J connectivity index is 3.81. The molecule has 0 radical (unpaired) electrons. The average molecular weight is 245 g/mol. The summed E-state index contributed by atoms with van der Waals surface area (Å²) in [4.78, 5) is 11.4. The van der Waals surface area contributed by atoms with Crippen molar-refractivity contribution in [1.29, 1.82) is 0 Å². The Labute approximate surface area is 105 Å². The largest absolute Gasteiger partial charge is 0.449 e. The van der Waals surface area contributed by atoms with Gasteiger partial charge in [0.25, 0.3) is 0 Å². The lowest BCUT2D eigenvalue weighted by Crippen LogP contribution is -2.33. The van der Waals surface area contributed by atoms with E-state index in [0.717, 1.165) is 19.3 Å². The Kier molecular flexibility index (Phi) is 7.96. The average Bonchev–Trinajstić information content (AvgIpc) is 2.26. The normalized spacial score (nSPS) is 14.5. The van der Waals surface area contributed by atoms with Gasteiger partial charge >= 0.3 is 6.09 Å². The lowest BCUT2D eigenvalue weighted by Gasteiger charge is -2.26. The standard InChI is InChI=1S/C13H27NO3/c1-5-7-13(4,9-15)10-17-12(16)14-8-6-11(2)3/h11,15H,5-10H2,1-4H3,(H,14,16)/t13-/m0/s1. The second-order valence-electron chi connectivity index (χ2n) is 5.40. The second-order valence-corrected chi connectivity index (χ2v) is 5.40. The SMILES string of the molecule is CCC[C@@](C)(CO)COC(=O)NCCC(C)C. The van der Waals surface area contributed by atoms with Crippen molar-refractivity contribution in [1.82, 2.24) is 5.32 Å². The molecule has 0 aromatic rings. The molecule has 0 spiro atoms. The molecular formula is C13H27NO3. The summed E-state index contributed by atoms with van der Waals surface area (Å²) in [6.07, 6.45) is 2.38. The zero-order valence-electron chi connectivity index (χ0n) is 11.6. The number of hydrogen-bond donors (Lipinski definition) is 2. The molecule has 0 aliphatic carbocycles. The molecule has 1 atom stereocenters. The minimum absolute atomic E-state index is 0.0418. The summed E-state index contributed by atoms with van der Waals surface area (Å²) in [6, 6.07) is 0. The first kappa shape index (κ1) is 16.2. The van der Waals surface area contributed by atoms with E-state index in [2.05, 4.69) is 26.1 Å². The summed E-state index contributed by atoms with van der Waals surface area (Å²) in [5, 5.41) is 12.0. The third kappa shape index (κ3) is 8.02. The lowest BCUT2D eigenvalue weighted by molar-refractivity contribution is 0.0434. The molecule has 0 aromatic heterocycles. The highest BCUT2D eigenvalue weighted by molar-refractivity contribution is 5.67. The predicted molar refractivity (Wildman–Crippen MR) is 68.9 cm³/mol. The summed E-state index contributed by atoms with van der Waals surface area (Å²) < 4.78 is 5.12. The molecule has 0 bridgehead atoms. The topological polar surface area (TPSA) is 58.6 Å². The quantitative estimate of drug-likeness (QED) is 0.691. The molecule has 102 valence electrons. The zero-order chi connectivity index (χ0) is 13.3. The molecule has 4 heteroatoms. The second kappa shape index (κ2) is 8.34. The molecule has 17 heavy (non-hydrogen) atoms. The number of carbonyl (C=O) groups excluding carboxylic acids is 1. The van der Waals surface area contributed by atoms with Crippen LogP contribution in [-0.4, -0.2) is 31.0 Å². The molecule has 0 saturated heterocycles. The summed E-state index contributed by atoms with van der Waals surface area (Å²) in [6.45, 7) is 9.15. The zero-order valence-corrected chi connectivity index (χ0v) is 11.6. The molecule has 0 aliphatic rings. The number of ether oxygens (including phenoxy) is 1. The van der Waals surface area contributed by atoms with Crippen molar-refractivity contribution in [2.75, 3.05) is 19.8 Å². The summed E-state index contributed by atoms with van der Waals surface area (Å²) in [5.74, 6) is 0.568. The van der Waals surface area contributed by atoms with E-state index in [9.17, 15) is 9.90 Å². The maximum Gasteiger partial charge on any atom is 0.407 e. The minimum atomic E-state index is -0.388. The van der Waals surface area contributed by atoms with Crippen molar-refractivity contribution in [2.45, 2.75) is 47.0 Å². The van der Waals surface area contributed by atoms with Crippen LogP contribution in [0.5, 0.6) is 0 Å². The van der Waals surface area contributed by atoms with E-state index in [1.165, 1.54) is 0 Å². The fraction of sp³-hybridized carbons (Fsp3) is 0.923. The van der Waals surface area contributed by atoms with E-state index in [0.29, 0.717) is 12.5 Å². The van der Waals surface area contributed by atoms with Crippen LogP contribution in [0.2, 0.25) is 0 Å². The van der Waals surface area contributed by atoms with Gasteiger partial charge < -0.3 is 15.2 Å². The van der Waals surface area contributed by atoms with Gasteiger partial charge in [-0.3, -0.25) is 0 Å². The maximum atomic E-state index is 11.4. The van der Waals surface area contributed by atoms with Gasteiger partial charge in [0.15, 0.2) is 0 Å². The van der Waals surface area contributed by atoms with E-state index >= 15 is 0 Å². The highest BCUT2D eigenvalue weighted by atomic mass is 16.5. The van der Waals surface area contributed by atoms with E-state index in [4.69, 9.17) is 4.74 Å². The van der Waals surface area contributed by atoms with Crippen molar-refractivity contribution in [2.24, 2.45) is 11.3 Å². The molecular weight excluding hydrogens is 218 g/mol. The molecule has 0 rings (SSSR count). The van der Waals surface area contributed by atoms with Crippen molar-refractivity contribution in [3.8, 4) is 0 Å². The summed E-state index contributed by atoms with van der Waals surface area (Å²) >= 11 is 0. The molecule has 0 unspecified atom stereocenters. The van der Waals surface area contributed by atoms with Gasteiger partial charge in [0.05, 0.1) is 6.61 Å². The van der Waals surface area contributed by atoms with Gasteiger partial charge in [-0.2, -0.15) is 0 Å². The Bertz CT molecular complexity index is 219. The smallest absolute Gasteiger partial charge is 0.407 e.